The van der Waals surface area contributed by atoms with Crippen molar-refractivity contribution in [1.82, 2.24) is 5.32 Å². The fourth-order valence-corrected chi connectivity index (χ4v) is 2.81. The summed E-state index contributed by atoms with van der Waals surface area (Å²) in [6, 6.07) is 5.72. The summed E-state index contributed by atoms with van der Waals surface area (Å²) in [5, 5.41) is 13.4. The maximum absolute atomic E-state index is 12.9. The van der Waals surface area contributed by atoms with Gasteiger partial charge in [-0.25, -0.2) is 4.39 Å². The van der Waals surface area contributed by atoms with Crippen molar-refractivity contribution < 1.29 is 14.3 Å². The Balaban J connectivity index is 2.23. The zero-order valence-corrected chi connectivity index (χ0v) is 11.3. The van der Waals surface area contributed by atoms with E-state index in [9.17, 15) is 14.3 Å². The maximum Gasteiger partial charge on any atom is 0.235 e. The van der Waals surface area contributed by atoms with Crippen LogP contribution in [0.5, 0.6) is 0 Å². The van der Waals surface area contributed by atoms with Gasteiger partial charge in [0.1, 0.15) is 17.8 Å². The highest BCUT2D eigenvalue weighted by molar-refractivity contribution is 6.27. The summed E-state index contributed by atoms with van der Waals surface area (Å²) in [5.41, 5.74) is -0.0674. The highest BCUT2D eigenvalue weighted by atomic mass is 35.5. The van der Waals surface area contributed by atoms with Crippen molar-refractivity contribution in [3.05, 3.63) is 35.6 Å². The van der Waals surface area contributed by atoms with Crippen LogP contribution in [-0.2, 0) is 4.79 Å². The third kappa shape index (κ3) is 3.07. The van der Waals surface area contributed by atoms with Crippen LogP contribution in [0.3, 0.4) is 0 Å². The number of alkyl halides is 1. The average molecular weight is 286 g/mol. The minimum atomic E-state index is -0.845. The fourth-order valence-electron chi connectivity index (χ4n) is 2.75. The number of hydrogen-bond donors (Lipinski definition) is 2. The van der Waals surface area contributed by atoms with E-state index in [1.165, 1.54) is 12.1 Å². The van der Waals surface area contributed by atoms with Crippen LogP contribution in [-0.4, -0.2) is 22.4 Å². The third-order valence-corrected chi connectivity index (χ3v) is 3.96. The van der Waals surface area contributed by atoms with E-state index < -0.39 is 11.6 Å². The molecule has 19 heavy (non-hydrogen) atoms. The molecular formula is C14H17ClFNO2. The molecule has 1 unspecified atom stereocenters. The summed E-state index contributed by atoms with van der Waals surface area (Å²) < 4.78 is 12.9. The van der Waals surface area contributed by atoms with Gasteiger partial charge in [-0.3, -0.25) is 4.79 Å². The van der Waals surface area contributed by atoms with Gasteiger partial charge in [0.25, 0.3) is 0 Å². The van der Waals surface area contributed by atoms with E-state index in [1.807, 2.05) is 0 Å². The first-order valence-electron chi connectivity index (χ1n) is 6.38. The number of carbonyl (C=O) groups is 1. The van der Waals surface area contributed by atoms with Crippen LogP contribution in [0.15, 0.2) is 24.3 Å². The van der Waals surface area contributed by atoms with Crippen LogP contribution >= 0.6 is 11.6 Å². The Morgan fingerprint density at radius 3 is 2.47 bits per heavy atom. The van der Waals surface area contributed by atoms with Crippen molar-refractivity contribution in [2.75, 3.05) is 5.88 Å². The summed E-state index contributed by atoms with van der Waals surface area (Å²) in [4.78, 5) is 11.5. The molecule has 0 aromatic heterocycles. The first kappa shape index (κ1) is 14.3. The Morgan fingerprint density at radius 2 is 1.95 bits per heavy atom. The molecule has 0 aliphatic heterocycles. The molecule has 2 N–H and O–H groups in total. The molecule has 0 saturated heterocycles. The number of nitrogens with one attached hydrogen (secondary N) is 1. The molecule has 1 aliphatic rings. The van der Waals surface area contributed by atoms with Gasteiger partial charge in [-0.05, 0) is 30.5 Å². The lowest BCUT2D eigenvalue weighted by Crippen LogP contribution is -2.51. The van der Waals surface area contributed by atoms with Gasteiger partial charge >= 0.3 is 0 Å². The quantitative estimate of drug-likeness (QED) is 0.835. The second-order valence-electron chi connectivity index (χ2n) is 5.00. The van der Waals surface area contributed by atoms with E-state index in [2.05, 4.69) is 5.32 Å². The van der Waals surface area contributed by atoms with Gasteiger partial charge in [0.15, 0.2) is 0 Å². The monoisotopic (exact) mass is 285 g/mol. The van der Waals surface area contributed by atoms with Crippen molar-refractivity contribution in [3.63, 3.8) is 0 Å². The molecule has 1 aromatic rings. The van der Waals surface area contributed by atoms with Gasteiger partial charge in [-0.2, -0.15) is 0 Å². The third-order valence-electron chi connectivity index (χ3n) is 3.71. The molecule has 0 radical (unpaired) electrons. The Kier molecular flexibility index (Phi) is 4.42. The van der Waals surface area contributed by atoms with Crippen LogP contribution in [0, 0.1) is 5.82 Å². The Bertz CT molecular complexity index is 443. The summed E-state index contributed by atoms with van der Waals surface area (Å²) in [5.74, 6) is -0.760. The molecule has 0 bridgehead atoms. The van der Waals surface area contributed by atoms with Crippen molar-refractivity contribution in [2.45, 2.75) is 37.3 Å². The van der Waals surface area contributed by atoms with Gasteiger partial charge in [0.2, 0.25) is 5.91 Å². The number of hydrogen-bond acceptors (Lipinski definition) is 2. The van der Waals surface area contributed by atoms with Gasteiger partial charge in [0, 0.05) is 0 Å². The van der Waals surface area contributed by atoms with E-state index in [0.717, 1.165) is 12.8 Å². The molecule has 1 atom stereocenters. The molecule has 1 saturated carbocycles. The highest BCUT2D eigenvalue weighted by Crippen LogP contribution is 2.39. The maximum atomic E-state index is 12.9. The number of carbonyl (C=O) groups excluding carboxylic acids is 1. The summed E-state index contributed by atoms with van der Waals surface area (Å²) in [6.45, 7) is 0. The number of aliphatic hydroxyl groups is 1. The lowest BCUT2D eigenvalue weighted by molar-refractivity contribution is -0.122. The first-order valence-corrected chi connectivity index (χ1v) is 6.91. The smallest absolute Gasteiger partial charge is 0.235 e. The lowest BCUT2D eigenvalue weighted by atomic mass is 9.85. The second kappa shape index (κ2) is 5.88. The Morgan fingerprint density at radius 1 is 1.37 bits per heavy atom. The van der Waals surface area contributed by atoms with Gasteiger partial charge in [-0.15, -0.1) is 11.6 Å². The normalized spacial score (nSPS) is 19.1. The minimum absolute atomic E-state index is 0.127. The molecule has 3 nitrogen and oxygen atoms in total. The van der Waals surface area contributed by atoms with Crippen molar-refractivity contribution in [3.8, 4) is 0 Å². The van der Waals surface area contributed by atoms with E-state index in [4.69, 9.17) is 11.6 Å². The molecular weight excluding hydrogens is 269 g/mol. The van der Waals surface area contributed by atoms with E-state index in [0.29, 0.717) is 18.4 Å². The van der Waals surface area contributed by atoms with E-state index in [-0.39, 0.29) is 17.6 Å². The van der Waals surface area contributed by atoms with Crippen molar-refractivity contribution in [1.29, 1.82) is 0 Å². The zero-order valence-electron chi connectivity index (χ0n) is 10.5. The summed E-state index contributed by atoms with van der Waals surface area (Å²) in [7, 11) is 0. The molecule has 5 heteroatoms. The predicted molar refractivity (Wildman–Crippen MR) is 71.4 cm³/mol. The number of benzene rings is 1. The molecule has 1 amide bonds. The van der Waals surface area contributed by atoms with Gasteiger partial charge in [-0.1, -0.05) is 25.0 Å². The number of amides is 1. The molecule has 1 aromatic carbocycles. The minimum Gasteiger partial charge on any atom is -0.386 e. The number of rotatable bonds is 4. The van der Waals surface area contributed by atoms with Crippen LogP contribution in [0.25, 0.3) is 0 Å². The van der Waals surface area contributed by atoms with E-state index >= 15 is 0 Å². The molecule has 104 valence electrons. The van der Waals surface area contributed by atoms with Crippen LogP contribution in [0.2, 0.25) is 0 Å². The highest BCUT2D eigenvalue weighted by Gasteiger charge is 2.42. The first-order chi connectivity index (χ1) is 9.07. The Hall–Kier alpha value is -1.13. The molecule has 0 spiro atoms. The topological polar surface area (TPSA) is 49.3 Å². The van der Waals surface area contributed by atoms with E-state index in [1.54, 1.807) is 12.1 Å². The van der Waals surface area contributed by atoms with Crippen LogP contribution in [0.4, 0.5) is 4.39 Å². The number of aliphatic hydroxyl groups excluding tert-OH is 1. The predicted octanol–water partition coefficient (Wildman–Crippen LogP) is 2.53. The summed E-state index contributed by atoms with van der Waals surface area (Å²) in [6.07, 6.45) is 2.45. The van der Waals surface area contributed by atoms with Gasteiger partial charge in [0.05, 0.1) is 5.54 Å². The fraction of sp³-hybridized carbons (Fsp3) is 0.500. The molecule has 1 aliphatic carbocycles. The lowest BCUT2D eigenvalue weighted by Gasteiger charge is -2.35. The molecule has 0 heterocycles. The van der Waals surface area contributed by atoms with Crippen molar-refractivity contribution in [2.24, 2.45) is 0 Å². The zero-order chi connectivity index (χ0) is 13.9. The van der Waals surface area contributed by atoms with Crippen molar-refractivity contribution >= 4 is 17.5 Å². The molecule has 1 fully saturated rings. The van der Waals surface area contributed by atoms with Crippen LogP contribution in [0.1, 0.15) is 37.4 Å². The second-order valence-corrected chi connectivity index (χ2v) is 5.27. The Labute approximate surface area is 116 Å². The van der Waals surface area contributed by atoms with Gasteiger partial charge < -0.3 is 10.4 Å². The summed E-state index contributed by atoms with van der Waals surface area (Å²) >= 11 is 5.52. The average Bonchev–Trinajstić information content (AvgIpc) is 2.88. The number of halogens is 2. The SMILES string of the molecule is O=C(CCl)NC1(C(O)c2ccc(F)cc2)CCCC1. The largest absolute Gasteiger partial charge is 0.386 e. The standard InChI is InChI=1S/C14H17ClFNO2/c15-9-12(18)17-14(7-1-2-8-14)13(19)10-3-5-11(16)6-4-10/h3-6,13,19H,1-2,7-9H2,(H,17,18). The molecule has 2 rings (SSSR count). The van der Waals surface area contributed by atoms with Crippen LogP contribution < -0.4 is 5.32 Å².